The third-order valence-corrected chi connectivity index (χ3v) is 5.22. The predicted molar refractivity (Wildman–Crippen MR) is 94.6 cm³/mol. The Morgan fingerprint density at radius 2 is 1.96 bits per heavy atom. The second-order valence-electron chi connectivity index (χ2n) is 5.62. The molecule has 1 unspecified atom stereocenters. The topological polar surface area (TPSA) is 84.8 Å². The third kappa shape index (κ3) is 6.95. The number of rotatable bonds is 7. The van der Waals surface area contributed by atoms with Gasteiger partial charge in [-0.3, -0.25) is 9.52 Å². The zero-order valence-corrected chi connectivity index (χ0v) is 15.0. The van der Waals surface area contributed by atoms with E-state index in [9.17, 15) is 13.8 Å². The van der Waals surface area contributed by atoms with Crippen LogP contribution < -0.4 is 4.72 Å². The van der Waals surface area contributed by atoms with E-state index < -0.39 is 28.0 Å². The molecular formula is C17H24N2O4S. The molecule has 0 saturated heterocycles. The van der Waals surface area contributed by atoms with Gasteiger partial charge in [0.1, 0.15) is 16.0 Å². The van der Waals surface area contributed by atoms with Crippen molar-refractivity contribution >= 4 is 21.9 Å². The Hall–Kier alpha value is -2.15. The molecule has 0 aromatic heterocycles. The zero-order valence-electron chi connectivity index (χ0n) is 14.2. The first kappa shape index (κ1) is 19.9. The van der Waals surface area contributed by atoms with Gasteiger partial charge in [-0.25, -0.2) is 9.00 Å². The maximum Gasteiger partial charge on any atom is 0.443 e. The monoisotopic (exact) mass is 352 g/mol. The molecule has 0 spiro atoms. The summed E-state index contributed by atoms with van der Waals surface area (Å²) < 4.78 is 23.9. The fourth-order valence-corrected chi connectivity index (χ4v) is 3.99. The van der Waals surface area contributed by atoms with Gasteiger partial charge in [0.2, 0.25) is 5.91 Å². The second-order valence-corrected chi connectivity index (χ2v) is 7.62. The van der Waals surface area contributed by atoms with Crippen LogP contribution in [0.25, 0.3) is 0 Å². The molecule has 0 fully saturated rings. The van der Waals surface area contributed by atoms with Crippen molar-refractivity contribution in [3.63, 3.8) is 0 Å². The Morgan fingerprint density at radius 3 is 2.50 bits per heavy atom. The number of carbonyl (C=O) groups excluding carboxylic acids is 2. The summed E-state index contributed by atoms with van der Waals surface area (Å²) in [6.45, 7) is 8.39. The van der Waals surface area contributed by atoms with Crippen LogP contribution in [-0.4, -0.2) is 22.0 Å². The number of hydrogen-bond donors (Lipinski definition) is 1. The smallest absolute Gasteiger partial charge is 0.440 e. The highest BCUT2D eigenvalue weighted by Crippen LogP contribution is 2.17. The first-order chi connectivity index (χ1) is 11.3. The van der Waals surface area contributed by atoms with Crippen molar-refractivity contribution in [3.05, 3.63) is 48.6 Å². The fraction of sp³-hybridized carbons (Fsp3) is 0.412. The van der Waals surface area contributed by atoms with Crippen LogP contribution >= 0.6 is 0 Å². The van der Waals surface area contributed by atoms with Gasteiger partial charge < -0.3 is 4.74 Å². The maximum absolute atomic E-state index is 12.8. The van der Waals surface area contributed by atoms with E-state index in [-0.39, 0.29) is 11.7 Å². The molecule has 0 aliphatic rings. The van der Waals surface area contributed by atoms with Gasteiger partial charge in [0.25, 0.3) is 0 Å². The molecule has 3 atom stereocenters. The molecule has 0 radical (unpaired) electrons. The molecule has 1 aromatic rings. The van der Waals surface area contributed by atoms with E-state index in [1.165, 1.54) is 6.92 Å². The summed E-state index contributed by atoms with van der Waals surface area (Å²) in [5.41, 5.74) is 0.798. The van der Waals surface area contributed by atoms with E-state index in [1.807, 2.05) is 37.3 Å². The lowest BCUT2D eigenvalue weighted by Gasteiger charge is -2.16. The van der Waals surface area contributed by atoms with Gasteiger partial charge in [0, 0.05) is 6.92 Å². The Bertz CT molecular complexity index is 694. The average molecular weight is 352 g/mol. The molecule has 0 heterocycles. The van der Waals surface area contributed by atoms with E-state index >= 15 is 0 Å². The molecule has 0 aliphatic heterocycles. The first-order valence-electron chi connectivity index (χ1n) is 7.65. The summed E-state index contributed by atoms with van der Waals surface area (Å²) in [5, 5.41) is 0. The summed E-state index contributed by atoms with van der Waals surface area (Å²) in [7, 11) is -3.23. The van der Waals surface area contributed by atoms with Gasteiger partial charge in [-0.05, 0) is 24.8 Å². The molecule has 0 saturated carbocycles. The zero-order chi connectivity index (χ0) is 18.2. The van der Waals surface area contributed by atoms with Crippen LogP contribution in [0.5, 0.6) is 0 Å². The Kier molecular flexibility index (Phi) is 7.64. The summed E-state index contributed by atoms with van der Waals surface area (Å²) in [6, 6.07) is 9.14. The number of benzene rings is 1. The van der Waals surface area contributed by atoms with Crippen molar-refractivity contribution in [2.24, 2.45) is 10.3 Å². The highest BCUT2D eigenvalue weighted by molar-refractivity contribution is 7.92. The van der Waals surface area contributed by atoms with Crippen molar-refractivity contribution in [3.8, 4) is 0 Å². The van der Waals surface area contributed by atoms with Crippen LogP contribution in [0.3, 0.4) is 0 Å². The van der Waals surface area contributed by atoms with Crippen molar-refractivity contribution in [2.75, 3.05) is 5.75 Å². The molecule has 0 bridgehead atoms. The molecule has 1 aromatic carbocycles. The molecule has 24 heavy (non-hydrogen) atoms. The Labute approximate surface area is 143 Å². The molecule has 6 nitrogen and oxygen atoms in total. The molecule has 2 amide bonds. The molecule has 7 heteroatoms. The van der Waals surface area contributed by atoms with Crippen molar-refractivity contribution in [2.45, 2.75) is 33.3 Å². The van der Waals surface area contributed by atoms with E-state index in [1.54, 1.807) is 13.0 Å². The molecule has 132 valence electrons. The second kappa shape index (κ2) is 9.22. The SMILES string of the molecule is C=CC[C@H](C)CS(=O)(=NC(=O)O[C@@H](C)c1ccccc1)NC(C)=O. The highest BCUT2D eigenvalue weighted by Gasteiger charge is 2.19. The number of nitrogens with zero attached hydrogens (tertiary/aromatic N) is 1. The van der Waals surface area contributed by atoms with Crippen LogP contribution in [0.2, 0.25) is 0 Å². The summed E-state index contributed by atoms with van der Waals surface area (Å²) in [5.74, 6) is -0.517. The average Bonchev–Trinajstić information content (AvgIpc) is 2.46. The predicted octanol–water partition coefficient (Wildman–Crippen LogP) is 3.62. The molecule has 1 rings (SSSR count). The fourth-order valence-electron chi connectivity index (χ4n) is 2.15. The van der Waals surface area contributed by atoms with Gasteiger partial charge in [-0.2, -0.15) is 0 Å². The lowest BCUT2D eigenvalue weighted by atomic mass is 10.1. The summed E-state index contributed by atoms with van der Waals surface area (Å²) >= 11 is 0. The van der Waals surface area contributed by atoms with Crippen LogP contribution in [-0.2, 0) is 19.4 Å². The van der Waals surface area contributed by atoms with Crippen molar-refractivity contribution in [1.29, 1.82) is 0 Å². The number of carbonyl (C=O) groups is 2. The third-order valence-electron chi connectivity index (χ3n) is 3.15. The first-order valence-corrected chi connectivity index (χ1v) is 9.33. The van der Waals surface area contributed by atoms with Gasteiger partial charge in [-0.15, -0.1) is 10.9 Å². The van der Waals surface area contributed by atoms with Crippen LogP contribution in [0.4, 0.5) is 4.79 Å². The quantitative estimate of drug-likeness (QED) is 0.760. The van der Waals surface area contributed by atoms with Crippen LogP contribution in [0.15, 0.2) is 47.3 Å². The summed E-state index contributed by atoms with van der Waals surface area (Å²) in [6.07, 6.45) is 0.792. The standard InChI is InChI=1S/C17H24N2O4S/c1-5-9-13(2)12-24(22,18-15(4)20)19-17(21)23-14(3)16-10-7-6-8-11-16/h5-8,10-11,13-14H,1,9,12H2,2-4H3,(H,18,19,20,21,22)/t13-,14-,24?/m0/s1. The largest absolute Gasteiger partial charge is 0.443 e. The minimum Gasteiger partial charge on any atom is -0.440 e. The van der Waals surface area contributed by atoms with E-state index in [0.29, 0.717) is 6.42 Å². The number of nitrogens with one attached hydrogen (secondary N) is 1. The maximum atomic E-state index is 12.8. The Balaban J connectivity index is 2.91. The van der Waals surface area contributed by atoms with Gasteiger partial charge in [0.15, 0.2) is 0 Å². The van der Waals surface area contributed by atoms with E-state index in [4.69, 9.17) is 4.74 Å². The van der Waals surface area contributed by atoms with Crippen molar-refractivity contribution in [1.82, 2.24) is 4.72 Å². The minimum absolute atomic E-state index is 0.0490. The van der Waals surface area contributed by atoms with Gasteiger partial charge in [-0.1, -0.05) is 43.3 Å². The number of ether oxygens (including phenoxy) is 1. The Morgan fingerprint density at radius 1 is 1.33 bits per heavy atom. The van der Waals surface area contributed by atoms with E-state index in [2.05, 4.69) is 15.7 Å². The van der Waals surface area contributed by atoms with Crippen LogP contribution in [0.1, 0.15) is 38.9 Å². The van der Waals surface area contributed by atoms with E-state index in [0.717, 1.165) is 5.56 Å². The lowest BCUT2D eigenvalue weighted by molar-refractivity contribution is -0.117. The highest BCUT2D eigenvalue weighted by atomic mass is 32.2. The molecule has 0 aliphatic carbocycles. The normalized spacial score (nSPS) is 15.5. The lowest BCUT2D eigenvalue weighted by Crippen LogP contribution is -2.33. The van der Waals surface area contributed by atoms with Crippen LogP contribution in [0, 0.1) is 5.92 Å². The van der Waals surface area contributed by atoms with Gasteiger partial charge in [0.05, 0.1) is 5.75 Å². The number of amides is 2. The molecular weight excluding hydrogens is 328 g/mol. The number of hydrogen-bond acceptors (Lipinski definition) is 4. The van der Waals surface area contributed by atoms with Gasteiger partial charge >= 0.3 is 6.09 Å². The molecule has 1 N–H and O–H groups in total. The van der Waals surface area contributed by atoms with Crippen molar-refractivity contribution < 1.29 is 18.5 Å². The minimum atomic E-state index is -3.23. The number of allylic oxidation sites excluding steroid dienone is 1. The summed E-state index contributed by atoms with van der Waals surface area (Å²) in [4.78, 5) is 23.3.